The lowest BCUT2D eigenvalue weighted by atomic mass is 10.3. The minimum Gasteiger partial charge on any atom is -0.395 e. The van der Waals surface area contributed by atoms with Crippen LogP contribution in [0, 0.1) is 0 Å². The molecular formula is C12H20BrN3O. The van der Waals surface area contributed by atoms with Crippen molar-refractivity contribution in [1.29, 1.82) is 0 Å². The van der Waals surface area contributed by atoms with Crippen molar-refractivity contribution >= 4 is 21.7 Å². The van der Waals surface area contributed by atoms with Crippen LogP contribution in [0.3, 0.4) is 0 Å². The van der Waals surface area contributed by atoms with Crippen molar-refractivity contribution in [3.63, 3.8) is 0 Å². The van der Waals surface area contributed by atoms with E-state index in [9.17, 15) is 0 Å². The van der Waals surface area contributed by atoms with Crippen LogP contribution in [0.4, 0.5) is 5.82 Å². The van der Waals surface area contributed by atoms with E-state index in [1.807, 2.05) is 6.07 Å². The minimum atomic E-state index is 0.144. The molecule has 0 bridgehead atoms. The first kappa shape index (κ1) is 14.4. The Morgan fingerprint density at radius 1 is 1.24 bits per heavy atom. The Hall–Kier alpha value is -0.680. The van der Waals surface area contributed by atoms with Gasteiger partial charge in [0.05, 0.1) is 6.61 Å². The summed E-state index contributed by atoms with van der Waals surface area (Å²) in [5.74, 6) is 1.75. The highest BCUT2D eigenvalue weighted by Gasteiger charge is 2.09. The second-order valence-electron chi connectivity index (χ2n) is 3.93. The number of hydrogen-bond acceptors (Lipinski definition) is 4. The van der Waals surface area contributed by atoms with Crippen LogP contribution in [0.15, 0.2) is 10.7 Å². The van der Waals surface area contributed by atoms with Crippen molar-refractivity contribution in [3.05, 3.63) is 16.5 Å². The van der Waals surface area contributed by atoms with Crippen LogP contribution in [-0.2, 0) is 6.42 Å². The summed E-state index contributed by atoms with van der Waals surface area (Å²) in [6, 6.07) is 1.91. The molecule has 0 atom stereocenters. The quantitative estimate of drug-likeness (QED) is 0.786. The Kier molecular flexibility index (Phi) is 6.44. The molecule has 4 nitrogen and oxygen atoms in total. The van der Waals surface area contributed by atoms with Gasteiger partial charge in [-0.05, 0) is 28.8 Å². The van der Waals surface area contributed by atoms with Crippen LogP contribution in [-0.4, -0.2) is 34.8 Å². The van der Waals surface area contributed by atoms with Crippen molar-refractivity contribution in [3.8, 4) is 0 Å². The van der Waals surface area contributed by atoms with Gasteiger partial charge in [-0.15, -0.1) is 0 Å². The van der Waals surface area contributed by atoms with Gasteiger partial charge in [0.25, 0.3) is 0 Å². The highest BCUT2D eigenvalue weighted by molar-refractivity contribution is 9.10. The maximum atomic E-state index is 9.07. The van der Waals surface area contributed by atoms with Gasteiger partial charge >= 0.3 is 0 Å². The van der Waals surface area contributed by atoms with Gasteiger partial charge in [0.2, 0.25) is 0 Å². The maximum Gasteiger partial charge on any atom is 0.133 e. The second-order valence-corrected chi connectivity index (χ2v) is 4.74. The molecule has 0 aromatic carbocycles. The van der Waals surface area contributed by atoms with Crippen molar-refractivity contribution < 1.29 is 5.11 Å². The van der Waals surface area contributed by atoms with Crippen LogP contribution in [0.1, 0.15) is 32.5 Å². The monoisotopic (exact) mass is 301 g/mol. The van der Waals surface area contributed by atoms with E-state index in [1.54, 1.807) is 0 Å². The number of aryl methyl sites for hydroxylation is 1. The first-order chi connectivity index (χ1) is 8.21. The van der Waals surface area contributed by atoms with Gasteiger partial charge in [-0.3, -0.25) is 0 Å². The highest BCUT2D eigenvalue weighted by Crippen LogP contribution is 2.17. The van der Waals surface area contributed by atoms with E-state index >= 15 is 0 Å². The number of aromatic nitrogens is 2. The van der Waals surface area contributed by atoms with Gasteiger partial charge < -0.3 is 10.0 Å². The number of aliphatic hydroxyl groups is 1. The molecule has 0 fully saturated rings. The first-order valence-corrected chi connectivity index (χ1v) is 6.89. The van der Waals surface area contributed by atoms with Crippen molar-refractivity contribution in [2.45, 2.75) is 33.1 Å². The molecule has 0 spiro atoms. The molecule has 0 aliphatic carbocycles. The Balaban J connectivity index is 2.92. The molecule has 0 radical (unpaired) electrons. The third kappa shape index (κ3) is 4.60. The van der Waals surface area contributed by atoms with Gasteiger partial charge in [0.1, 0.15) is 16.2 Å². The number of aliphatic hydroxyl groups excluding tert-OH is 1. The second kappa shape index (κ2) is 7.61. The molecule has 96 valence electrons. The zero-order valence-electron chi connectivity index (χ0n) is 10.5. The summed E-state index contributed by atoms with van der Waals surface area (Å²) in [6.45, 7) is 5.89. The van der Waals surface area contributed by atoms with Gasteiger partial charge in [-0.2, -0.15) is 0 Å². The molecular weight excluding hydrogens is 282 g/mol. The van der Waals surface area contributed by atoms with E-state index in [2.05, 4.69) is 44.6 Å². The molecule has 0 unspecified atom stereocenters. The van der Waals surface area contributed by atoms with E-state index in [1.165, 1.54) is 0 Å². The van der Waals surface area contributed by atoms with Gasteiger partial charge in [0.15, 0.2) is 0 Å². The molecule has 0 saturated heterocycles. The van der Waals surface area contributed by atoms with E-state index in [0.717, 1.165) is 42.1 Å². The largest absolute Gasteiger partial charge is 0.395 e. The molecule has 5 heteroatoms. The summed E-state index contributed by atoms with van der Waals surface area (Å²) in [5, 5.41) is 9.07. The fraction of sp³-hybridized carbons (Fsp3) is 0.667. The van der Waals surface area contributed by atoms with Crippen LogP contribution < -0.4 is 4.90 Å². The molecule has 17 heavy (non-hydrogen) atoms. The van der Waals surface area contributed by atoms with Crippen LogP contribution in [0.25, 0.3) is 0 Å². The number of hydrogen-bond donors (Lipinski definition) is 1. The van der Waals surface area contributed by atoms with Gasteiger partial charge in [-0.25, -0.2) is 9.97 Å². The molecule has 1 rings (SSSR count). The Morgan fingerprint density at radius 2 is 2.00 bits per heavy atom. The highest BCUT2D eigenvalue weighted by atomic mass is 79.9. The topological polar surface area (TPSA) is 49.2 Å². The third-order valence-corrected chi connectivity index (χ3v) is 2.79. The van der Waals surface area contributed by atoms with Crippen LogP contribution >= 0.6 is 15.9 Å². The van der Waals surface area contributed by atoms with Gasteiger partial charge in [0, 0.05) is 25.6 Å². The van der Waals surface area contributed by atoms with E-state index in [-0.39, 0.29) is 6.61 Å². The average molecular weight is 302 g/mol. The minimum absolute atomic E-state index is 0.144. The van der Waals surface area contributed by atoms with Crippen LogP contribution in [0.2, 0.25) is 0 Å². The molecule has 0 aliphatic rings. The van der Waals surface area contributed by atoms with E-state index in [4.69, 9.17) is 5.11 Å². The summed E-state index contributed by atoms with van der Waals surface area (Å²) in [6.07, 6.45) is 2.94. The predicted molar refractivity (Wildman–Crippen MR) is 73.3 cm³/mol. The Labute approximate surface area is 111 Å². The van der Waals surface area contributed by atoms with Crippen LogP contribution in [0.5, 0.6) is 0 Å². The molecule has 0 saturated carbocycles. The SMILES string of the molecule is CCCc1nc(Br)cc(N(CCC)CCO)n1. The summed E-state index contributed by atoms with van der Waals surface area (Å²) in [7, 11) is 0. The van der Waals surface area contributed by atoms with Crippen molar-refractivity contribution in [2.75, 3.05) is 24.6 Å². The summed E-state index contributed by atoms with van der Waals surface area (Å²) in [5.41, 5.74) is 0. The first-order valence-electron chi connectivity index (χ1n) is 6.10. The maximum absolute atomic E-state index is 9.07. The van der Waals surface area contributed by atoms with E-state index in [0.29, 0.717) is 6.54 Å². The predicted octanol–water partition coefficient (Wildman–Crippen LogP) is 2.40. The molecule has 1 heterocycles. The summed E-state index contributed by atoms with van der Waals surface area (Å²) >= 11 is 3.41. The Morgan fingerprint density at radius 3 is 2.59 bits per heavy atom. The lowest BCUT2D eigenvalue weighted by Gasteiger charge is -2.22. The molecule has 1 aromatic rings. The number of halogens is 1. The lowest BCUT2D eigenvalue weighted by molar-refractivity contribution is 0.301. The summed E-state index contributed by atoms with van der Waals surface area (Å²) in [4.78, 5) is 11.0. The van der Waals surface area contributed by atoms with E-state index < -0.39 is 0 Å². The van der Waals surface area contributed by atoms with Gasteiger partial charge in [-0.1, -0.05) is 13.8 Å². The fourth-order valence-electron chi connectivity index (χ4n) is 1.68. The zero-order chi connectivity index (χ0) is 12.7. The normalized spacial score (nSPS) is 10.6. The number of nitrogens with zero attached hydrogens (tertiary/aromatic N) is 3. The molecule has 1 N–H and O–H groups in total. The molecule has 1 aromatic heterocycles. The molecule has 0 aliphatic heterocycles. The zero-order valence-corrected chi connectivity index (χ0v) is 12.1. The summed E-state index contributed by atoms with van der Waals surface area (Å²) < 4.78 is 0.810. The number of anilines is 1. The molecule has 0 amide bonds. The fourth-order valence-corrected chi connectivity index (χ4v) is 2.09. The number of rotatable bonds is 7. The third-order valence-electron chi connectivity index (χ3n) is 2.39. The standard InChI is InChI=1S/C12H20BrN3O/c1-3-5-11-14-10(13)9-12(15-11)16(6-4-2)7-8-17/h9,17H,3-8H2,1-2H3. The van der Waals surface area contributed by atoms with Crippen molar-refractivity contribution in [2.24, 2.45) is 0 Å². The smallest absolute Gasteiger partial charge is 0.133 e. The van der Waals surface area contributed by atoms with Crippen molar-refractivity contribution in [1.82, 2.24) is 9.97 Å². The Bertz CT molecular complexity index is 341. The average Bonchev–Trinajstić information content (AvgIpc) is 2.28. The lowest BCUT2D eigenvalue weighted by Crippen LogP contribution is -2.28.